The van der Waals surface area contributed by atoms with E-state index in [2.05, 4.69) is 282 Å². The summed E-state index contributed by atoms with van der Waals surface area (Å²) in [6.07, 6.45) is 1.75. The third kappa shape index (κ3) is 8.15. The molecule has 0 aliphatic heterocycles. The summed E-state index contributed by atoms with van der Waals surface area (Å²) in [4.78, 5) is 4.73. The minimum absolute atomic E-state index is 0.852. The van der Waals surface area contributed by atoms with Crippen LogP contribution < -0.4 is 9.80 Å². The lowest BCUT2D eigenvalue weighted by Crippen LogP contribution is -2.10. The number of fused-ring (bicyclic) bond motifs is 14. The molecule has 0 saturated heterocycles. The highest BCUT2D eigenvalue weighted by molar-refractivity contribution is 6.26. The van der Waals surface area contributed by atoms with Gasteiger partial charge in [-0.25, -0.2) is 0 Å². The molecular weight excluding hydrogens is 1020 g/mol. The van der Waals surface area contributed by atoms with Gasteiger partial charge in [0.15, 0.2) is 11.2 Å². The number of anilines is 6. The minimum Gasteiger partial charge on any atom is -0.454 e. The molecule has 0 bridgehead atoms. The third-order valence-corrected chi connectivity index (χ3v) is 16.4. The third-order valence-electron chi connectivity index (χ3n) is 16.4. The molecule has 0 radical (unpaired) electrons. The summed E-state index contributed by atoms with van der Waals surface area (Å²) in [5.74, 6) is 0. The number of furan rings is 2. The van der Waals surface area contributed by atoms with Gasteiger partial charge >= 0.3 is 0 Å². The summed E-state index contributed by atoms with van der Waals surface area (Å²) in [5.41, 5.74) is 17.8. The van der Waals surface area contributed by atoms with Crippen molar-refractivity contribution in [3.8, 4) is 22.3 Å². The van der Waals surface area contributed by atoms with Gasteiger partial charge in [-0.3, -0.25) is 0 Å². The Morgan fingerprint density at radius 2 is 0.690 bits per heavy atom. The zero-order valence-corrected chi connectivity index (χ0v) is 46.9. The molecule has 84 heavy (non-hydrogen) atoms. The van der Waals surface area contributed by atoms with Crippen molar-refractivity contribution in [2.24, 2.45) is 0 Å². The molecule has 0 aliphatic carbocycles. The van der Waals surface area contributed by atoms with Gasteiger partial charge in [-0.2, -0.15) is 0 Å². The molecule has 0 atom stereocenters. The monoisotopic (exact) mass is 1080 g/mol. The van der Waals surface area contributed by atoms with Gasteiger partial charge in [0.2, 0.25) is 0 Å². The highest BCUT2D eigenvalue weighted by Crippen LogP contribution is 2.48. The van der Waals surface area contributed by atoms with Crippen LogP contribution in [-0.4, -0.2) is 4.40 Å². The van der Waals surface area contributed by atoms with E-state index in [0.29, 0.717) is 0 Å². The summed E-state index contributed by atoms with van der Waals surface area (Å²) in [6.45, 7) is 9.25. The first kappa shape index (κ1) is 50.1. The van der Waals surface area contributed by atoms with Crippen molar-refractivity contribution in [3.63, 3.8) is 0 Å². The number of aromatic nitrogens is 1. The van der Waals surface area contributed by atoms with Crippen LogP contribution in [-0.2, 0) is 0 Å². The average molecular weight is 1080 g/mol. The standard InChI is InChI=1S/C74H45N3O2.C3H6.C2H6/c1-3-16-46(17-4-1)48-20-11-22-54(38-48)75(66-30-14-28-62-58-24-7-9-32-70(58)78-73(62)66)56-36-34-50-42-64-60-26-13-27-61-65-43-51-35-37-57(41-53(51)45-69(65)77(72(60)61)68(64)44-52(50)40-56)76(55-23-12-21-49(39-55)47-18-5-2-6-19-47)67-31-15-29-63-59-25-8-10-33-71(59)79-74(63)67;1-3-2;1-2/h1-45H;3H,1H2,2H3;1-2H3. The Labute approximate surface area is 486 Å². The molecule has 17 aromatic rings. The average Bonchev–Trinajstić information content (AvgIpc) is 3.06. The van der Waals surface area contributed by atoms with Crippen LogP contribution in [0.2, 0.25) is 0 Å². The number of allylic oxidation sites excluding steroid dienone is 1. The highest BCUT2D eigenvalue weighted by atomic mass is 16.3. The summed E-state index contributed by atoms with van der Waals surface area (Å²) in [5, 5.41) is 14.0. The first-order chi connectivity index (χ1) is 41.6. The molecule has 400 valence electrons. The lowest BCUT2D eigenvalue weighted by Gasteiger charge is -2.26. The van der Waals surface area contributed by atoms with Crippen LogP contribution in [0.1, 0.15) is 20.8 Å². The van der Waals surface area contributed by atoms with Gasteiger partial charge in [0.25, 0.3) is 0 Å². The van der Waals surface area contributed by atoms with Crippen LogP contribution in [0.5, 0.6) is 0 Å². The van der Waals surface area contributed by atoms with Crippen molar-refractivity contribution in [2.45, 2.75) is 20.8 Å². The van der Waals surface area contributed by atoms with Crippen LogP contribution in [0.25, 0.3) is 126 Å². The largest absolute Gasteiger partial charge is 0.454 e. The molecule has 0 N–H and O–H groups in total. The van der Waals surface area contributed by atoms with E-state index in [1.165, 1.54) is 60.0 Å². The van der Waals surface area contributed by atoms with Crippen LogP contribution in [0.4, 0.5) is 34.1 Å². The molecule has 5 heteroatoms. The summed E-state index contributed by atoms with van der Waals surface area (Å²) in [6, 6.07) is 98.8. The molecule has 0 aliphatic rings. The predicted molar refractivity (Wildman–Crippen MR) is 358 cm³/mol. The van der Waals surface area contributed by atoms with E-state index in [1.54, 1.807) is 6.08 Å². The topological polar surface area (TPSA) is 37.2 Å². The quantitative estimate of drug-likeness (QED) is 0.142. The Hall–Kier alpha value is -10.9. The predicted octanol–water partition coefficient (Wildman–Crippen LogP) is 23.4. The van der Waals surface area contributed by atoms with Gasteiger partial charge in [-0.15, -0.1) is 6.58 Å². The van der Waals surface area contributed by atoms with Gasteiger partial charge in [0.05, 0.1) is 27.9 Å². The van der Waals surface area contributed by atoms with Gasteiger partial charge in [-0.1, -0.05) is 196 Å². The minimum atomic E-state index is 0.852. The lowest BCUT2D eigenvalue weighted by atomic mass is 10.0. The number of rotatable bonds is 8. The van der Waals surface area contributed by atoms with Gasteiger partial charge in [0.1, 0.15) is 11.2 Å². The van der Waals surface area contributed by atoms with E-state index in [0.717, 1.165) is 99.9 Å². The van der Waals surface area contributed by atoms with Gasteiger partial charge in [0, 0.05) is 65.8 Å². The summed E-state index contributed by atoms with van der Waals surface area (Å²) < 4.78 is 16.0. The maximum atomic E-state index is 6.76. The van der Waals surface area contributed by atoms with Crippen molar-refractivity contribution in [1.29, 1.82) is 0 Å². The summed E-state index contributed by atoms with van der Waals surface area (Å²) in [7, 11) is 0. The van der Waals surface area contributed by atoms with E-state index in [9.17, 15) is 0 Å². The zero-order valence-electron chi connectivity index (χ0n) is 46.9. The Balaban J connectivity index is 0.00000117. The normalized spacial score (nSPS) is 11.6. The fourth-order valence-corrected chi connectivity index (χ4v) is 12.8. The SMILES string of the molecule is C=CC.CC.c1ccc(-c2cccc(N(c3ccc4cc5c6cccc7c8cc9ccc(N(c%10cccc(-c%11ccccc%11)c%10)c%10cccc%11c%10oc%10ccccc%10%11)cc9cc8n(c5cc4c3)c67)c3cccc4c3oc3ccccc34)c2)cc1. The fourth-order valence-electron chi connectivity index (χ4n) is 12.8. The van der Waals surface area contributed by atoms with Gasteiger partial charge < -0.3 is 23.0 Å². The van der Waals surface area contributed by atoms with E-state index in [4.69, 9.17) is 8.83 Å². The molecule has 5 nitrogen and oxygen atoms in total. The second-order valence-electron chi connectivity index (χ2n) is 21.3. The number of benzene rings is 13. The first-order valence-electron chi connectivity index (χ1n) is 29.0. The molecule has 13 aromatic carbocycles. The number of para-hydroxylation sites is 5. The second kappa shape index (κ2) is 20.6. The zero-order chi connectivity index (χ0) is 56.4. The molecule has 0 amide bonds. The number of hydrogen-bond acceptors (Lipinski definition) is 4. The summed E-state index contributed by atoms with van der Waals surface area (Å²) >= 11 is 0. The van der Waals surface area contributed by atoms with Crippen molar-refractivity contribution in [3.05, 3.63) is 286 Å². The number of nitrogens with zero attached hydrogens (tertiary/aromatic N) is 3. The maximum absolute atomic E-state index is 6.76. The Bertz CT molecular complexity index is 5020. The molecule has 0 unspecified atom stereocenters. The van der Waals surface area contributed by atoms with Crippen molar-refractivity contribution in [1.82, 2.24) is 4.40 Å². The molecule has 0 spiro atoms. The van der Waals surface area contributed by atoms with Gasteiger partial charge in [-0.05, 0) is 148 Å². The van der Waals surface area contributed by atoms with E-state index < -0.39 is 0 Å². The van der Waals surface area contributed by atoms with Crippen molar-refractivity contribution >= 4 is 138 Å². The Morgan fingerprint density at radius 1 is 0.321 bits per heavy atom. The molecule has 17 rings (SSSR count). The van der Waals surface area contributed by atoms with E-state index in [1.807, 2.05) is 32.9 Å². The van der Waals surface area contributed by atoms with Crippen molar-refractivity contribution < 1.29 is 8.83 Å². The fraction of sp³-hybridized carbons (Fsp3) is 0.0380. The smallest absolute Gasteiger partial charge is 0.159 e. The van der Waals surface area contributed by atoms with Crippen LogP contribution in [0.3, 0.4) is 0 Å². The Morgan fingerprint density at radius 3 is 1.15 bits per heavy atom. The number of hydrogen-bond donors (Lipinski definition) is 0. The highest BCUT2D eigenvalue weighted by Gasteiger charge is 2.24. The van der Waals surface area contributed by atoms with Crippen LogP contribution in [0, 0.1) is 0 Å². The van der Waals surface area contributed by atoms with Crippen LogP contribution >= 0.6 is 0 Å². The second-order valence-corrected chi connectivity index (χ2v) is 21.3. The molecule has 0 fully saturated rings. The molecular formula is C79H57N3O2. The first-order valence-corrected chi connectivity index (χ1v) is 29.0. The maximum Gasteiger partial charge on any atom is 0.159 e. The van der Waals surface area contributed by atoms with Crippen LogP contribution in [0.15, 0.2) is 294 Å². The van der Waals surface area contributed by atoms with E-state index >= 15 is 0 Å². The lowest BCUT2D eigenvalue weighted by molar-refractivity contribution is 0.668. The van der Waals surface area contributed by atoms with Crippen molar-refractivity contribution in [2.75, 3.05) is 9.80 Å². The Kier molecular flexibility index (Phi) is 12.3. The molecule has 4 heterocycles. The molecule has 0 saturated carbocycles. The van der Waals surface area contributed by atoms with E-state index in [-0.39, 0.29) is 0 Å². The molecule has 4 aromatic heterocycles.